The van der Waals surface area contributed by atoms with Crippen LogP contribution in [-0.2, 0) is 13.1 Å². The van der Waals surface area contributed by atoms with Crippen molar-refractivity contribution in [1.29, 1.82) is 0 Å². The fraction of sp³-hybridized carbons (Fsp3) is 0.400. The van der Waals surface area contributed by atoms with E-state index in [1.807, 2.05) is 24.3 Å². The summed E-state index contributed by atoms with van der Waals surface area (Å²) in [5, 5.41) is 8.20. The highest BCUT2D eigenvalue weighted by Crippen LogP contribution is 2.08. The van der Waals surface area contributed by atoms with Crippen molar-refractivity contribution in [2.24, 2.45) is 10.6 Å². The number of benzene rings is 1. The van der Waals surface area contributed by atoms with Gasteiger partial charge >= 0.3 is 0 Å². The highest BCUT2D eigenvalue weighted by molar-refractivity contribution is 5.22. The van der Waals surface area contributed by atoms with Crippen molar-refractivity contribution in [3.05, 3.63) is 45.2 Å². The minimum absolute atomic E-state index is 0.478. The van der Waals surface area contributed by atoms with Crippen LogP contribution in [0, 0.1) is 9.81 Å². The minimum atomic E-state index is 0.478. The summed E-state index contributed by atoms with van der Waals surface area (Å²) in [5.74, 6) is 0. The van der Waals surface area contributed by atoms with Crippen LogP contribution in [0.1, 0.15) is 11.1 Å². The van der Waals surface area contributed by atoms with E-state index in [4.69, 9.17) is 0 Å². The standard InChI is InChI=1S/C10H14N4O2/c1-13(11-15)7-9-3-5-10(6-4-9)8-14(2)12-16/h3-6H,7-8H2,1-2H3. The van der Waals surface area contributed by atoms with E-state index in [1.54, 1.807) is 14.1 Å². The van der Waals surface area contributed by atoms with Crippen molar-refractivity contribution in [2.45, 2.75) is 13.1 Å². The molecule has 0 aliphatic carbocycles. The number of hydrogen-bond donors (Lipinski definition) is 0. The average molecular weight is 222 g/mol. The van der Waals surface area contributed by atoms with E-state index in [0.717, 1.165) is 11.1 Å². The SMILES string of the molecule is CN(Cc1ccc(CN(C)N=O)cc1)N=O. The van der Waals surface area contributed by atoms with Gasteiger partial charge in [0.25, 0.3) is 0 Å². The second-order valence-electron chi connectivity index (χ2n) is 3.61. The fourth-order valence-corrected chi connectivity index (χ4v) is 1.34. The van der Waals surface area contributed by atoms with Crippen molar-refractivity contribution < 1.29 is 0 Å². The monoisotopic (exact) mass is 222 g/mol. The summed E-state index contributed by atoms with van der Waals surface area (Å²) in [6.45, 7) is 0.955. The fourth-order valence-electron chi connectivity index (χ4n) is 1.34. The molecule has 0 saturated carbocycles. The van der Waals surface area contributed by atoms with Crippen LogP contribution in [0.3, 0.4) is 0 Å². The number of nitroso groups, excluding NO2 is 2. The molecule has 0 aromatic heterocycles. The van der Waals surface area contributed by atoms with Gasteiger partial charge in [0.15, 0.2) is 0 Å². The Hall–Kier alpha value is -1.98. The van der Waals surface area contributed by atoms with Crippen molar-refractivity contribution in [3.8, 4) is 0 Å². The van der Waals surface area contributed by atoms with Gasteiger partial charge in [-0.2, -0.15) is 0 Å². The molecule has 6 nitrogen and oxygen atoms in total. The number of nitrogens with zero attached hydrogens (tertiary/aromatic N) is 4. The molecule has 0 aliphatic heterocycles. The third-order valence-electron chi connectivity index (χ3n) is 2.12. The van der Waals surface area contributed by atoms with Crippen molar-refractivity contribution >= 4 is 0 Å². The summed E-state index contributed by atoms with van der Waals surface area (Å²) in [6, 6.07) is 7.59. The molecule has 0 amide bonds. The maximum Gasteiger partial charge on any atom is 0.0639 e. The van der Waals surface area contributed by atoms with Gasteiger partial charge in [0.2, 0.25) is 0 Å². The van der Waals surface area contributed by atoms with Crippen molar-refractivity contribution in [1.82, 2.24) is 10.0 Å². The summed E-state index contributed by atoms with van der Waals surface area (Å²) in [4.78, 5) is 20.4. The van der Waals surface area contributed by atoms with E-state index in [1.165, 1.54) is 10.0 Å². The Bertz CT molecular complexity index is 317. The van der Waals surface area contributed by atoms with Crippen LogP contribution in [0.2, 0.25) is 0 Å². The van der Waals surface area contributed by atoms with Crippen LogP contribution in [0.4, 0.5) is 0 Å². The Kier molecular flexibility index (Phi) is 4.38. The van der Waals surface area contributed by atoms with Gasteiger partial charge in [0.1, 0.15) is 0 Å². The largest absolute Gasteiger partial charge is 0.260 e. The third-order valence-corrected chi connectivity index (χ3v) is 2.12. The van der Waals surface area contributed by atoms with Gasteiger partial charge in [0.05, 0.1) is 23.7 Å². The minimum Gasteiger partial charge on any atom is -0.260 e. The van der Waals surface area contributed by atoms with E-state index >= 15 is 0 Å². The molecule has 0 bridgehead atoms. The molecule has 0 spiro atoms. The van der Waals surface area contributed by atoms with Crippen LogP contribution in [0.15, 0.2) is 34.8 Å². The number of rotatable bonds is 6. The summed E-state index contributed by atoms with van der Waals surface area (Å²) < 4.78 is 0. The second kappa shape index (κ2) is 5.79. The molecule has 6 heteroatoms. The first-order valence-corrected chi connectivity index (χ1v) is 4.82. The van der Waals surface area contributed by atoms with Crippen LogP contribution >= 0.6 is 0 Å². The van der Waals surface area contributed by atoms with Gasteiger partial charge in [0, 0.05) is 14.1 Å². The normalized spacial score (nSPS) is 9.62. The lowest BCUT2D eigenvalue weighted by Crippen LogP contribution is -2.10. The van der Waals surface area contributed by atoms with Crippen molar-refractivity contribution in [2.75, 3.05) is 14.1 Å². The van der Waals surface area contributed by atoms with Gasteiger partial charge in [-0.05, 0) is 11.1 Å². The Morgan fingerprint density at radius 2 is 1.19 bits per heavy atom. The zero-order valence-electron chi connectivity index (χ0n) is 9.33. The lowest BCUT2D eigenvalue weighted by Gasteiger charge is -2.11. The van der Waals surface area contributed by atoms with E-state index in [-0.39, 0.29) is 0 Å². The molecule has 0 unspecified atom stereocenters. The summed E-state index contributed by atoms with van der Waals surface area (Å²) in [6.07, 6.45) is 0. The zero-order valence-corrected chi connectivity index (χ0v) is 9.33. The Labute approximate surface area is 93.7 Å². The molecule has 1 aromatic carbocycles. The molecule has 1 aromatic rings. The summed E-state index contributed by atoms with van der Waals surface area (Å²) >= 11 is 0. The Balaban J connectivity index is 2.60. The molecule has 0 radical (unpaired) electrons. The van der Waals surface area contributed by atoms with Gasteiger partial charge in [-0.25, -0.2) is 0 Å². The third kappa shape index (κ3) is 3.64. The first-order chi connectivity index (χ1) is 7.65. The molecule has 0 fully saturated rings. The van der Waals surface area contributed by atoms with Crippen LogP contribution in [0.5, 0.6) is 0 Å². The second-order valence-corrected chi connectivity index (χ2v) is 3.61. The molecule has 0 aliphatic rings. The predicted molar refractivity (Wildman–Crippen MR) is 61.0 cm³/mol. The molecule has 1 rings (SSSR count). The lowest BCUT2D eigenvalue weighted by molar-refractivity contribution is 0.338. The maximum absolute atomic E-state index is 10.2. The van der Waals surface area contributed by atoms with Gasteiger partial charge in [-0.3, -0.25) is 10.0 Å². The zero-order chi connectivity index (χ0) is 12.0. The maximum atomic E-state index is 10.2. The highest BCUT2D eigenvalue weighted by atomic mass is 16.3. The van der Waals surface area contributed by atoms with Crippen LogP contribution < -0.4 is 0 Å². The molecule has 86 valence electrons. The molecule has 0 heterocycles. The molecule has 16 heavy (non-hydrogen) atoms. The lowest BCUT2D eigenvalue weighted by atomic mass is 10.1. The first-order valence-electron chi connectivity index (χ1n) is 4.82. The molecule has 0 N–H and O–H groups in total. The molecule has 0 saturated heterocycles. The van der Waals surface area contributed by atoms with E-state index in [2.05, 4.69) is 10.6 Å². The van der Waals surface area contributed by atoms with Crippen LogP contribution in [0.25, 0.3) is 0 Å². The molecular formula is C10H14N4O2. The Morgan fingerprint density at radius 1 is 0.875 bits per heavy atom. The van der Waals surface area contributed by atoms with E-state index < -0.39 is 0 Å². The number of hydrogen-bond acceptors (Lipinski definition) is 4. The topological polar surface area (TPSA) is 65.3 Å². The predicted octanol–water partition coefficient (Wildman–Crippen LogP) is 1.91. The van der Waals surface area contributed by atoms with Crippen LogP contribution in [-0.4, -0.2) is 24.1 Å². The highest BCUT2D eigenvalue weighted by Gasteiger charge is 2.00. The van der Waals surface area contributed by atoms with Gasteiger partial charge in [-0.1, -0.05) is 24.3 Å². The average Bonchev–Trinajstić information content (AvgIpc) is 2.31. The summed E-state index contributed by atoms with van der Waals surface area (Å²) in [5.41, 5.74) is 1.99. The van der Waals surface area contributed by atoms with Gasteiger partial charge in [-0.15, -0.1) is 9.81 Å². The Morgan fingerprint density at radius 3 is 1.44 bits per heavy atom. The molecule has 0 atom stereocenters. The van der Waals surface area contributed by atoms with Crippen molar-refractivity contribution in [3.63, 3.8) is 0 Å². The summed E-state index contributed by atoms with van der Waals surface area (Å²) in [7, 11) is 3.23. The van der Waals surface area contributed by atoms with E-state index in [9.17, 15) is 9.81 Å². The first kappa shape index (κ1) is 12.1. The smallest absolute Gasteiger partial charge is 0.0639 e. The quantitative estimate of drug-likeness (QED) is 0.544. The molecular weight excluding hydrogens is 208 g/mol. The van der Waals surface area contributed by atoms with E-state index in [0.29, 0.717) is 13.1 Å². The van der Waals surface area contributed by atoms with Gasteiger partial charge < -0.3 is 0 Å².